The van der Waals surface area contributed by atoms with Crippen molar-refractivity contribution in [2.45, 2.75) is 13.8 Å². The summed E-state index contributed by atoms with van der Waals surface area (Å²) < 4.78 is 5.11. The van der Waals surface area contributed by atoms with E-state index in [0.717, 1.165) is 5.39 Å². The second-order valence-electron chi connectivity index (χ2n) is 4.27. The van der Waals surface area contributed by atoms with Gasteiger partial charge in [-0.05, 0) is 26.0 Å². The maximum absolute atomic E-state index is 11.7. The Morgan fingerprint density at radius 1 is 1.30 bits per heavy atom. The Hall–Kier alpha value is -2.69. The second kappa shape index (κ2) is 5.52. The molecule has 0 saturated carbocycles. The minimum atomic E-state index is -0.599. The van der Waals surface area contributed by atoms with Crippen LogP contribution in [-0.2, 0) is 4.79 Å². The monoisotopic (exact) mass is 271 g/mol. The van der Waals surface area contributed by atoms with Crippen LogP contribution >= 0.6 is 0 Å². The highest BCUT2D eigenvalue weighted by atomic mass is 16.4. The predicted molar refractivity (Wildman–Crippen MR) is 76.6 cm³/mol. The molecular weight excluding hydrogens is 258 g/mol. The molecule has 102 valence electrons. The highest BCUT2D eigenvalue weighted by molar-refractivity contribution is 6.13. The summed E-state index contributed by atoms with van der Waals surface area (Å²) in [5.74, 6) is -0.481. The molecule has 0 aliphatic heterocycles. The maximum atomic E-state index is 11.7. The lowest BCUT2D eigenvalue weighted by atomic mass is 10.2. The van der Waals surface area contributed by atoms with Crippen molar-refractivity contribution in [3.05, 3.63) is 52.1 Å². The summed E-state index contributed by atoms with van der Waals surface area (Å²) in [6, 6.07) is 8.62. The number of benzene rings is 1. The number of aliphatic hydroxyl groups excluding tert-OH is 1. The third-order valence-electron chi connectivity index (χ3n) is 2.72. The molecule has 0 unspecified atom stereocenters. The van der Waals surface area contributed by atoms with Gasteiger partial charge in [-0.25, -0.2) is 9.79 Å². The molecule has 5 nitrogen and oxygen atoms in total. The molecule has 0 atom stereocenters. The van der Waals surface area contributed by atoms with Gasteiger partial charge in [-0.2, -0.15) is 0 Å². The highest BCUT2D eigenvalue weighted by Crippen LogP contribution is 2.17. The van der Waals surface area contributed by atoms with Crippen LogP contribution in [0.1, 0.15) is 13.8 Å². The Morgan fingerprint density at radius 2 is 2.00 bits per heavy atom. The molecule has 1 heterocycles. The minimum Gasteiger partial charge on any atom is -0.512 e. The van der Waals surface area contributed by atoms with Gasteiger partial charge in [0.2, 0.25) is 0 Å². The zero-order valence-corrected chi connectivity index (χ0v) is 11.1. The van der Waals surface area contributed by atoms with Gasteiger partial charge in [0.25, 0.3) is 0 Å². The SMILES string of the molecule is CC(=O)/C(C=Nc1cc2ccccc2oc1=O)=C(\C)O. The zero-order valence-electron chi connectivity index (χ0n) is 11.1. The van der Waals surface area contributed by atoms with E-state index >= 15 is 0 Å². The number of hydrogen-bond acceptors (Lipinski definition) is 5. The largest absolute Gasteiger partial charge is 0.512 e. The fourth-order valence-corrected chi connectivity index (χ4v) is 1.71. The van der Waals surface area contributed by atoms with Crippen LogP contribution in [0.5, 0.6) is 0 Å². The molecule has 0 spiro atoms. The van der Waals surface area contributed by atoms with Crippen molar-refractivity contribution in [2.75, 3.05) is 0 Å². The number of fused-ring (bicyclic) bond motifs is 1. The summed E-state index contributed by atoms with van der Waals surface area (Å²) in [5, 5.41) is 10.1. The number of hydrogen-bond donors (Lipinski definition) is 1. The van der Waals surface area contributed by atoms with Crippen LogP contribution in [0, 0.1) is 0 Å². The molecule has 2 aromatic rings. The number of rotatable bonds is 3. The number of nitrogens with zero attached hydrogens (tertiary/aromatic N) is 1. The molecule has 1 N–H and O–H groups in total. The van der Waals surface area contributed by atoms with Crippen LogP contribution in [0.25, 0.3) is 11.0 Å². The van der Waals surface area contributed by atoms with E-state index in [4.69, 9.17) is 4.42 Å². The van der Waals surface area contributed by atoms with E-state index in [9.17, 15) is 14.7 Å². The predicted octanol–water partition coefficient (Wildman–Crippen LogP) is 2.92. The van der Waals surface area contributed by atoms with Crippen molar-refractivity contribution in [3.8, 4) is 0 Å². The number of carbonyl (C=O) groups is 1. The van der Waals surface area contributed by atoms with Crippen LogP contribution in [0.2, 0.25) is 0 Å². The van der Waals surface area contributed by atoms with Crippen molar-refractivity contribution in [2.24, 2.45) is 4.99 Å². The van der Waals surface area contributed by atoms with Gasteiger partial charge in [0, 0.05) is 11.6 Å². The molecule has 0 aliphatic carbocycles. The standard InChI is InChI=1S/C15H13NO4/c1-9(17)12(10(2)18)8-16-13-7-11-5-3-4-6-14(11)20-15(13)19/h3-8,17H,1-2H3/b12-9+,16-8?. The molecule has 2 rings (SSSR count). The number of para-hydroxylation sites is 1. The summed E-state index contributed by atoms with van der Waals surface area (Å²) >= 11 is 0. The van der Waals surface area contributed by atoms with E-state index in [1.807, 2.05) is 6.07 Å². The molecule has 0 amide bonds. The van der Waals surface area contributed by atoms with E-state index in [1.165, 1.54) is 20.1 Å². The third kappa shape index (κ3) is 2.83. The van der Waals surface area contributed by atoms with Gasteiger partial charge < -0.3 is 9.52 Å². The Kier molecular flexibility index (Phi) is 3.79. The zero-order chi connectivity index (χ0) is 14.7. The van der Waals surface area contributed by atoms with Crippen LogP contribution in [0.3, 0.4) is 0 Å². The summed E-state index contributed by atoms with van der Waals surface area (Å²) in [6.45, 7) is 2.69. The van der Waals surface area contributed by atoms with Gasteiger partial charge in [0.05, 0.1) is 5.57 Å². The lowest BCUT2D eigenvalue weighted by Gasteiger charge is -1.99. The number of ketones is 1. The summed E-state index contributed by atoms with van der Waals surface area (Å²) in [5.41, 5.74) is -0.00294. The smallest absolute Gasteiger partial charge is 0.362 e. The molecule has 0 aliphatic rings. The lowest BCUT2D eigenvalue weighted by molar-refractivity contribution is -0.113. The van der Waals surface area contributed by atoms with Gasteiger partial charge in [-0.3, -0.25) is 4.79 Å². The van der Waals surface area contributed by atoms with Crippen LogP contribution in [0.15, 0.2) is 55.9 Å². The van der Waals surface area contributed by atoms with Gasteiger partial charge in [0.15, 0.2) is 5.78 Å². The van der Waals surface area contributed by atoms with E-state index in [2.05, 4.69) is 4.99 Å². The first-order chi connectivity index (χ1) is 9.49. The second-order valence-corrected chi connectivity index (χ2v) is 4.27. The number of carbonyl (C=O) groups excluding carboxylic acids is 1. The first-order valence-corrected chi connectivity index (χ1v) is 5.97. The normalized spacial score (nSPS) is 12.7. The number of allylic oxidation sites excluding steroid dienone is 2. The third-order valence-corrected chi connectivity index (χ3v) is 2.72. The van der Waals surface area contributed by atoms with Gasteiger partial charge in [-0.1, -0.05) is 18.2 Å². The Labute approximate surface area is 114 Å². The summed E-state index contributed by atoms with van der Waals surface area (Å²) in [7, 11) is 0. The molecule has 1 aromatic carbocycles. The van der Waals surface area contributed by atoms with Crippen LogP contribution < -0.4 is 5.63 Å². The summed E-state index contributed by atoms with van der Waals surface area (Å²) in [6.07, 6.45) is 1.17. The highest BCUT2D eigenvalue weighted by Gasteiger charge is 2.07. The molecule has 0 bridgehead atoms. The average Bonchev–Trinajstić information content (AvgIpc) is 2.38. The fraction of sp³-hybridized carbons (Fsp3) is 0.133. The molecule has 0 saturated heterocycles. The minimum absolute atomic E-state index is 0.0533. The van der Waals surface area contributed by atoms with Crippen molar-refractivity contribution in [1.82, 2.24) is 0 Å². The first kappa shape index (κ1) is 13.7. The molecule has 0 radical (unpaired) electrons. The van der Waals surface area contributed by atoms with E-state index in [1.54, 1.807) is 24.3 Å². The maximum Gasteiger partial charge on any atom is 0.362 e. The first-order valence-electron chi connectivity index (χ1n) is 5.97. The van der Waals surface area contributed by atoms with Crippen molar-refractivity contribution in [3.63, 3.8) is 0 Å². The van der Waals surface area contributed by atoms with Crippen molar-refractivity contribution in [1.29, 1.82) is 0 Å². The molecule has 5 heteroatoms. The van der Waals surface area contributed by atoms with Gasteiger partial charge >= 0.3 is 5.63 Å². The fourth-order valence-electron chi connectivity index (χ4n) is 1.71. The summed E-state index contributed by atoms with van der Waals surface area (Å²) in [4.78, 5) is 27.0. The Bertz CT molecular complexity index is 780. The van der Waals surface area contributed by atoms with E-state index < -0.39 is 5.63 Å². The number of aliphatic imine (C=N–C) groups is 1. The molecule has 1 aromatic heterocycles. The molecular formula is C15H13NO4. The quantitative estimate of drug-likeness (QED) is 0.403. The Morgan fingerprint density at radius 3 is 2.65 bits per heavy atom. The van der Waals surface area contributed by atoms with Crippen LogP contribution in [0.4, 0.5) is 5.69 Å². The lowest BCUT2D eigenvalue weighted by Crippen LogP contribution is -2.03. The molecule has 0 fully saturated rings. The van der Waals surface area contributed by atoms with Gasteiger partial charge in [-0.15, -0.1) is 0 Å². The number of Topliss-reactive ketones (excluding diaryl/α,β-unsaturated/α-hetero) is 1. The number of aliphatic hydroxyl groups is 1. The van der Waals surface area contributed by atoms with Gasteiger partial charge in [0.1, 0.15) is 17.0 Å². The average molecular weight is 271 g/mol. The topological polar surface area (TPSA) is 79.9 Å². The van der Waals surface area contributed by atoms with Crippen molar-refractivity contribution < 1.29 is 14.3 Å². The Balaban J connectivity index is 2.49. The molecule has 20 heavy (non-hydrogen) atoms. The van der Waals surface area contributed by atoms with Crippen molar-refractivity contribution >= 4 is 28.7 Å². The van der Waals surface area contributed by atoms with E-state index in [-0.39, 0.29) is 22.8 Å². The van der Waals surface area contributed by atoms with E-state index in [0.29, 0.717) is 5.58 Å². The van der Waals surface area contributed by atoms with Crippen LogP contribution in [-0.4, -0.2) is 17.1 Å².